The van der Waals surface area contributed by atoms with E-state index in [0.717, 1.165) is 24.5 Å². The molecule has 0 saturated heterocycles. The highest BCUT2D eigenvalue weighted by molar-refractivity contribution is 5.94. The van der Waals surface area contributed by atoms with Crippen molar-refractivity contribution in [1.29, 1.82) is 0 Å². The molecule has 3 rings (SSSR count). The second kappa shape index (κ2) is 7.79. The number of ether oxygens (including phenoxy) is 2. The van der Waals surface area contributed by atoms with Gasteiger partial charge >= 0.3 is 0 Å². The molecule has 1 amide bonds. The summed E-state index contributed by atoms with van der Waals surface area (Å²) in [7, 11) is 1.61. The summed E-state index contributed by atoms with van der Waals surface area (Å²) in [5, 5.41) is 6.28. The first-order valence-corrected chi connectivity index (χ1v) is 8.91. The number of fused-ring (bicyclic) bond motifs is 1. The van der Waals surface area contributed by atoms with Crippen LogP contribution in [0.15, 0.2) is 42.5 Å². The summed E-state index contributed by atoms with van der Waals surface area (Å²) in [6.45, 7) is 6.27. The van der Waals surface area contributed by atoms with Crippen molar-refractivity contribution >= 4 is 5.91 Å². The molecule has 26 heavy (non-hydrogen) atoms. The topological polar surface area (TPSA) is 59.6 Å². The van der Waals surface area contributed by atoms with E-state index in [-0.39, 0.29) is 11.5 Å². The van der Waals surface area contributed by atoms with Gasteiger partial charge in [0.1, 0.15) is 17.1 Å². The van der Waals surface area contributed by atoms with Crippen molar-refractivity contribution in [3.63, 3.8) is 0 Å². The molecule has 0 aliphatic carbocycles. The summed E-state index contributed by atoms with van der Waals surface area (Å²) in [6, 6.07) is 13.4. The van der Waals surface area contributed by atoms with Gasteiger partial charge in [-0.05, 0) is 55.3 Å². The molecule has 0 fully saturated rings. The molecule has 2 aromatic rings. The highest BCUT2D eigenvalue weighted by Crippen LogP contribution is 2.35. The Hall–Kier alpha value is -2.53. The van der Waals surface area contributed by atoms with Crippen molar-refractivity contribution in [1.82, 2.24) is 10.6 Å². The van der Waals surface area contributed by atoms with Crippen LogP contribution in [0.4, 0.5) is 0 Å². The van der Waals surface area contributed by atoms with Gasteiger partial charge in [-0.1, -0.05) is 12.1 Å². The van der Waals surface area contributed by atoms with E-state index in [4.69, 9.17) is 9.47 Å². The van der Waals surface area contributed by atoms with Crippen LogP contribution < -0.4 is 20.1 Å². The van der Waals surface area contributed by atoms with E-state index in [1.165, 1.54) is 11.1 Å². The molecule has 5 nitrogen and oxygen atoms in total. The van der Waals surface area contributed by atoms with E-state index in [2.05, 4.69) is 36.6 Å². The van der Waals surface area contributed by atoms with Crippen molar-refractivity contribution in [2.24, 2.45) is 0 Å². The predicted molar refractivity (Wildman–Crippen MR) is 102 cm³/mol. The first-order valence-electron chi connectivity index (χ1n) is 8.91. The molecule has 0 aromatic heterocycles. The molecule has 0 unspecified atom stereocenters. The lowest BCUT2D eigenvalue weighted by Crippen LogP contribution is -2.31. The molecule has 2 N–H and O–H groups in total. The smallest absolute Gasteiger partial charge is 0.251 e. The molecule has 0 spiro atoms. The Bertz CT molecular complexity index is 769. The van der Waals surface area contributed by atoms with Crippen LogP contribution in [0.1, 0.15) is 35.3 Å². The van der Waals surface area contributed by atoms with Crippen LogP contribution in [0, 0.1) is 0 Å². The second-order valence-electron chi connectivity index (χ2n) is 7.14. The Labute approximate surface area is 154 Å². The fourth-order valence-corrected chi connectivity index (χ4v) is 3.11. The van der Waals surface area contributed by atoms with Gasteiger partial charge in [-0.25, -0.2) is 0 Å². The number of carbonyl (C=O) groups excluding carboxylic acids is 1. The molecular weight excluding hydrogens is 328 g/mol. The van der Waals surface area contributed by atoms with E-state index in [9.17, 15) is 4.79 Å². The molecular formula is C21H26N2O3. The van der Waals surface area contributed by atoms with Crippen molar-refractivity contribution in [3.8, 4) is 11.5 Å². The first kappa shape index (κ1) is 18.3. The standard InChI is InChI=1S/C21H26N2O3/c1-21(2)13-17-12-15(4-9-19(17)26-21)14-22-10-11-23-20(24)16-5-7-18(25-3)8-6-16/h4-9,12,22H,10-11,13-14H2,1-3H3,(H,23,24). The zero-order valence-corrected chi connectivity index (χ0v) is 15.6. The van der Waals surface area contributed by atoms with Gasteiger partial charge in [-0.3, -0.25) is 4.79 Å². The van der Waals surface area contributed by atoms with Gasteiger partial charge < -0.3 is 20.1 Å². The van der Waals surface area contributed by atoms with Crippen LogP contribution in [0.2, 0.25) is 0 Å². The molecule has 1 aliphatic rings. The number of nitrogens with one attached hydrogen (secondary N) is 2. The van der Waals surface area contributed by atoms with Gasteiger partial charge in [0.2, 0.25) is 0 Å². The fourth-order valence-electron chi connectivity index (χ4n) is 3.11. The average molecular weight is 354 g/mol. The van der Waals surface area contributed by atoms with Crippen molar-refractivity contribution in [2.75, 3.05) is 20.2 Å². The lowest BCUT2D eigenvalue weighted by Gasteiger charge is -2.16. The van der Waals surface area contributed by atoms with E-state index in [1.807, 2.05) is 6.07 Å². The van der Waals surface area contributed by atoms with E-state index in [0.29, 0.717) is 18.7 Å². The monoisotopic (exact) mass is 354 g/mol. The second-order valence-corrected chi connectivity index (χ2v) is 7.14. The van der Waals surface area contributed by atoms with Crippen molar-refractivity contribution in [3.05, 3.63) is 59.2 Å². The lowest BCUT2D eigenvalue weighted by atomic mass is 10.0. The Morgan fingerprint density at radius 3 is 2.65 bits per heavy atom. The minimum absolute atomic E-state index is 0.0774. The Morgan fingerprint density at radius 2 is 1.92 bits per heavy atom. The summed E-state index contributed by atoms with van der Waals surface area (Å²) in [5.41, 5.74) is 3.01. The summed E-state index contributed by atoms with van der Waals surface area (Å²) in [6.07, 6.45) is 0.939. The molecule has 1 aliphatic heterocycles. The zero-order chi connectivity index (χ0) is 18.6. The third kappa shape index (κ3) is 4.55. The summed E-state index contributed by atoms with van der Waals surface area (Å²) < 4.78 is 11.0. The predicted octanol–water partition coefficient (Wildman–Crippen LogP) is 2.93. The molecule has 0 radical (unpaired) electrons. The number of hydrogen-bond donors (Lipinski definition) is 2. The van der Waals surface area contributed by atoms with E-state index < -0.39 is 0 Å². The van der Waals surface area contributed by atoms with Gasteiger partial charge in [0.25, 0.3) is 5.91 Å². The largest absolute Gasteiger partial charge is 0.497 e. The molecule has 0 bridgehead atoms. The zero-order valence-electron chi connectivity index (χ0n) is 15.6. The van der Waals surface area contributed by atoms with Crippen LogP contribution in [-0.2, 0) is 13.0 Å². The lowest BCUT2D eigenvalue weighted by molar-refractivity contribution is 0.0954. The van der Waals surface area contributed by atoms with Gasteiger partial charge in [0, 0.05) is 31.6 Å². The maximum atomic E-state index is 12.1. The Balaban J connectivity index is 1.40. The van der Waals surface area contributed by atoms with Crippen LogP contribution in [-0.4, -0.2) is 31.7 Å². The van der Waals surface area contributed by atoms with Gasteiger partial charge in [0.05, 0.1) is 7.11 Å². The van der Waals surface area contributed by atoms with Gasteiger partial charge in [0.15, 0.2) is 0 Å². The van der Waals surface area contributed by atoms with E-state index in [1.54, 1.807) is 31.4 Å². The van der Waals surface area contributed by atoms with Gasteiger partial charge in [-0.2, -0.15) is 0 Å². The SMILES string of the molecule is COc1ccc(C(=O)NCCNCc2ccc3c(c2)CC(C)(C)O3)cc1. The molecule has 0 saturated carbocycles. The number of carbonyl (C=O) groups is 1. The van der Waals surface area contributed by atoms with Crippen LogP contribution in [0.3, 0.4) is 0 Å². The van der Waals surface area contributed by atoms with Crippen molar-refractivity contribution < 1.29 is 14.3 Å². The Morgan fingerprint density at radius 1 is 1.15 bits per heavy atom. The van der Waals surface area contributed by atoms with Gasteiger partial charge in [-0.15, -0.1) is 0 Å². The Kier molecular flexibility index (Phi) is 5.47. The number of rotatable bonds is 7. The molecule has 138 valence electrons. The molecule has 5 heteroatoms. The highest BCUT2D eigenvalue weighted by Gasteiger charge is 2.29. The minimum Gasteiger partial charge on any atom is -0.497 e. The third-order valence-electron chi connectivity index (χ3n) is 4.40. The summed E-state index contributed by atoms with van der Waals surface area (Å²) in [5.74, 6) is 1.66. The molecule has 2 aromatic carbocycles. The molecule has 0 atom stereocenters. The highest BCUT2D eigenvalue weighted by atomic mass is 16.5. The number of hydrogen-bond acceptors (Lipinski definition) is 4. The summed E-state index contributed by atoms with van der Waals surface area (Å²) in [4.78, 5) is 12.1. The van der Waals surface area contributed by atoms with Crippen LogP contribution in [0.5, 0.6) is 11.5 Å². The third-order valence-corrected chi connectivity index (χ3v) is 4.40. The van der Waals surface area contributed by atoms with Crippen LogP contribution >= 0.6 is 0 Å². The normalized spacial score (nSPS) is 14.4. The quantitative estimate of drug-likeness (QED) is 0.751. The van der Waals surface area contributed by atoms with Crippen LogP contribution in [0.25, 0.3) is 0 Å². The molecule has 1 heterocycles. The first-order chi connectivity index (χ1) is 12.5. The van der Waals surface area contributed by atoms with E-state index >= 15 is 0 Å². The minimum atomic E-state index is -0.111. The maximum absolute atomic E-state index is 12.1. The number of amides is 1. The fraction of sp³-hybridized carbons (Fsp3) is 0.381. The summed E-state index contributed by atoms with van der Waals surface area (Å²) >= 11 is 0. The maximum Gasteiger partial charge on any atom is 0.251 e. The number of methoxy groups -OCH3 is 1. The average Bonchev–Trinajstić information content (AvgIpc) is 2.94. The van der Waals surface area contributed by atoms with Crippen molar-refractivity contribution in [2.45, 2.75) is 32.4 Å². The number of benzene rings is 2.